The van der Waals surface area contributed by atoms with Crippen molar-refractivity contribution in [3.8, 4) is 5.75 Å². The van der Waals surface area contributed by atoms with E-state index in [1.165, 1.54) is 16.8 Å². The molecule has 1 saturated heterocycles. The fourth-order valence-corrected chi connectivity index (χ4v) is 2.63. The van der Waals surface area contributed by atoms with Gasteiger partial charge in [0.25, 0.3) is 0 Å². The Bertz CT molecular complexity index is 557. The number of benzene rings is 2. The van der Waals surface area contributed by atoms with Gasteiger partial charge in [0.2, 0.25) is 0 Å². The van der Waals surface area contributed by atoms with Gasteiger partial charge >= 0.3 is 0 Å². The molecule has 21 heavy (non-hydrogen) atoms. The van der Waals surface area contributed by atoms with Gasteiger partial charge in [-0.2, -0.15) is 0 Å². The van der Waals surface area contributed by atoms with Gasteiger partial charge in [0.1, 0.15) is 5.75 Å². The van der Waals surface area contributed by atoms with Gasteiger partial charge in [0, 0.05) is 18.8 Å². The summed E-state index contributed by atoms with van der Waals surface area (Å²) in [7, 11) is 1.69. The van der Waals surface area contributed by atoms with Crippen LogP contribution in [0, 0.1) is 0 Å². The van der Waals surface area contributed by atoms with Crippen LogP contribution < -0.4 is 9.64 Å². The van der Waals surface area contributed by atoms with Gasteiger partial charge in [-0.25, -0.2) is 0 Å². The second-order valence-electron chi connectivity index (χ2n) is 5.29. The summed E-state index contributed by atoms with van der Waals surface area (Å²) >= 11 is 0. The molecule has 110 valence electrons. The Labute approximate surface area is 126 Å². The molecule has 3 nitrogen and oxygen atoms in total. The fourth-order valence-electron chi connectivity index (χ4n) is 2.63. The first-order valence-corrected chi connectivity index (χ1v) is 7.40. The van der Waals surface area contributed by atoms with Gasteiger partial charge in [0.15, 0.2) is 0 Å². The van der Waals surface area contributed by atoms with Crippen LogP contribution in [0.2, 0.25) is 0 Å². The van der Waals surface area contributed by atoms with E-state index in [0.717, 1.165) is 38.5 Å². The maximum Gasteiger partial charge on any atom is 0.118 e. The van der Waals surface area contributed by atoms with Gasteiger partial charge in [-0.15, -0.1) is 0 Å². The van der Waals surface area contributed by atoms with Crippen molar-refractivity contribution in [2.75, 3.05) is 38.3 Å². The van der Waals surface area contributed by atoms with Crippen LogP contribution in [0.25, 0.3) is 0 Å². The van der Waals surface area contributed by atoms with Crippen LogP contribution in [-0.2, 0) is 11.2 Å². The van der Waals surface area contributed by atoms with Crippen molar-refractivity contribution in [1.29, 1.82) is 0 Å². The van der Waals surface area contributed by atoms with Crippen LogP contribution >= 0.6 is 0 Å². The predicted molar refractivity (Wildman–Crippen MR) is 85.3 cm³/mol. The molecular weight excluding hydrogens is 262 g/mol. The highest BCUT2D eigenvalue weighted by Gasteiger charge is 2.10. The van der Waals surface area contributed by atoms with Crippen molar-refractivity contribution in [3.63, 3.8) is 0 Å². The zero-order valence-electron chi connectivity index (χ0n) is 12.4. The van der Waals surface area contributed by atoms with E-state index >= 15 is 0 Å². The first kappa shape index (κ1) is 14.0. The molecule has 0 aliphatic carbocycles. The number of rotatable bonds is 4. The molecule has 1 aliphatic heterocycles. The summed E-state index contributed by atoms with van der Waals surface area (Å²) in [6, 6.07) is 17.1. The lowest BCUT2D eigenvalue weighted by Gasteiger charge is -2.28. The Kier molecular flexibility index (Phi) is 4.41. The second kappa shape index (κ2) is 6.64. The molecule has 0 N–H and O–H groups in total. The molecule has 2 aromatic rings. The average Bonchev–Trinajstić information content (AvgIpc) is 2.57. The van der Waals surface area contributed by atoms with Crippen LogP contribution in [0.3, 0.4) is 0 Å². The molecule has 0 amide bonds. The average molecular weight is 283 g/mol. The van der Waals surface area contributed by atoms with Gasteiger partial charge in [0.05, 0.1) is 20.3 Å². The lowest BCUT2D eigenvalue weighted by Crippen LogP contribution is -2.36. The third-order valence-electron chi connectivity index (χ3n) is 3.88. The maximum atomic E-state index is 5.39. The molecule has 1 aliphatic rings. The van der Waals surface area contributed by atoms with Gasteiger partial charge in [-0.3, -0.25) is 0 Å². The topological polar surface area (TPSA) is 21.7 Å². The van der Waals surface area contributed by atoms with Crippen LogP contribution in [-0.4, -0.2) is 33.4 Å². The summed E-state index contributed by atoms with van der Waals surface area (Å²) in [5.41, 5.74) is 3.92. The molecule has 0 atom stereocenters. The van der Waals surface area contributed by atoms with E-state index in [0.29, 0.717) is 0 Å². The van der Waals surface area contributed by atoms with E-state index in [1.54, 1.807) is 7.11 Å². The third-order valence-corrected chi connectivity index (χ3v) is 3.88. The molecule has 0 unspecified atom stereocenters. The van der Waals surface area contributed by atoms with Crippen LogP contribution in [0.5, 0.6) is 5.75 Å². The van der Waals surface area contributed by atoms with E-state index in [9.17, 15) is 0 Å². The van der Waals surface area contributed by atoms with Crippen molar-refractivity contribution in [2.45, 2.75) is 6.42 Å². The minimum absolute atomic E-state index is 0.827. The molecule has 3 heteroatoms. The molecule has 3 rings (SSSR count). The summed E-state index contributed by atoms with van der Waals surface area (Å²) < 4.78 is 10.6. The Morgan fingerprint density at radius 1 is 0.905 bits per heavy atom. The Balaban J connectivity index is 1.65. The van der Waals surface area contributed by atoms with Gasteiger partial charge < -0.3 is 14.4 Å². The maximum absolute atomic E-state index is 5.39. The van der Waals surface area contributed by atoms with E-state index in [4.69, 9.17) is 9.47 Å². The summed E-state index contributed by atoms with van der Waals surface area (Å²) in [6.45, 7) is 3.62. The molecule has 0 saturated carbocycles. The molecule has 1 heterocycles. The summed E-state index contributed by atoms with van der Waals surface area (Å²) in [4.78, 5) is 2.38. The first-order chi connectivity index (χ1) is 10.3. The number of methoxy groups -OCH3 is 1. The van der Waals surface area contributed by atoms with Crippen molar-refractivity contribution in [1.82, 2.24) is 0 Å². The number of anilines is 1. The lowest BCUT2D eigenvalue weighted by molar-refractivity contribution is 0.122. The number of hydrogen-bond acceptors (Lipinski definition) is 3. The highest BCUT2D eigenvalue weighted by atomic mass is 16.5. The molecule has 0 bridgehead atoms. The number of morpholine rings is 1. The van der Waals surface area contributed by atoms with Crippen molar-refractivity contribution in [2.24, 2.45) is 0 Å². The zero-order valence-corrected chi connectivity index (χ0v) is 12.4. The molecule has 1 fully saturated rings. The number of ether oxygens (including phenoxy) is 2. The van der Waals surface area contributed by atoms with Crippen LogP contribution in [0.1, 0.15) is 11.1 Å². The monoisotopic (exact) mass is 283 g/mol. The summed E-state index contributed by atoms with van der Waals surface area (Å²) in [6.07, 6.45) is 0.952. The standard InChI is InChI=1S/C18H21NO2/c1-20-18-8-4-16(5-9-18)14-15-2-6-17(7-3-15)19-10-12-21-13-11-19/h2-9H,10-14H2,1H3. The first-order valence-electron chi connectivity index (χ1n) is 7.40. The Hall–Kier alpha value is -2.00. The summed E-state index contributed by atoms with van der Waals surface area (Å²) in [5.74, 6) is 0.904. The molecule has 0 spiro atoms. The third kappa shape index (κ3) is 3.56. The van der Waals surface area contributed by atoms with Gasteiger partial charge in [-0.1, -0.05) is 24.3 Å². The molecule has 0 aromatic heterocycles. The SMILES string of the molecule is COc1ccc(Cc2ccc(N3CCOCC3)cc2)cc1. The van der Waals surface area contributed by atoms with Crippen LogP contribution in [0.15, 0.2) is 48.5 Å². The molecular formula is C18H21NO2. The highest BCUT2D eigenvalue weighted by Crippen LogP contribution is 2.19. The lowest BCUT2D eigenvalue weighted by atomic mass is 10.0. The highest BCUT2D eigenvalue weighted by molar-refractivity contribution is 5.48. The normalized spacial score (nSPS) is 15.0. The van der Waals surface area contributed by atoms with E-state index in [2.05, 4.69) is 41.3 Å². The minimum Gasteiger partial charge on any atom is -0.497 e. The van der Waals surface area contributed by atoms with Crippen LogP contribution in [0.4, 0.5) is 5.69 Å². The second-order valence-corrected chi connectivity index (χ2v) is 5.29. The quantitative estimate of drug-likeness (QED) is 0.860. The zero-order chi connectivity index (χ0) is 14.5. The van der Waals surface area contributed by atoms with E-state index < -0.39 is 0 Å². The Morgan fingerprint density at radius 2 is 1.48 bits per heavy atom. The minimum atomic E-state index is 0.827. The predicted octanol–water partition coefficient (Wildman–Crippen LogP) is 3.12. The summed E-state index contributed by atoms with van der Waals surface area (Å²) in [5, 5.41) is 0. The smallest absolute Gasteiger partial charge is 0.118 e. The molecule has 0 radical (unpaired) electrons. The fraction of sp³-hybridized carbons (Fsp3) is 0.333. The van der Waals surface area contributed by atoms with Crippen molar-refractivity contribution >= 4 is 5.69 Å². The van der Waals surface area contributed by atoms with Gasteiger partial charge in [-0.05, 0) is 41.8 Å². The van der Waals surface area contributed by atoms with Crippen molar-refractivity contribution in [3.05, 3.63) is 59.7 Å². The van der Waals surface area contributed by atoms with Crippen molar-refractivity contribution < 1.29 is 9.47 Å². The number of hydrogen-bond donors (Lipinski definition) is 0. The van der Waals surface area contributed by atoms with E-state index in [1.807, 2.05) is 12.1 Å². The molecule has 2 aromatic carbocycles. The number of nitrogens with zero attached hydrogens (tertiary/aromatic N) is 1. The van der Waals surface area contributed by atoms with E-state index in [-0.39, 0.29) is 0 Å². The Morgan fingerprint density at radius 3 is 2.05 bits per heavy atom. The largest absolute Gasteiger partial charge is 0.497 e.